The summed E-state index contributed by atoms with van der Waals surface area (Å²) in [5, 5.41) is 4.33. The Kier molecular flexibility index (Phi) is 4.44. The number of fused-ring (bicyclic) bond motifs is 1. The lowest BCUT2D eigenvalue weighted by Gasteiger charge is -2.34. The molecule has 4 heteroatoms. The Labute approximate surface area is 138 Å². The van der Waals surface area contributed by atoms with E-state index in [1.807, 2.05) is 6.07 Å². The fourth-order valence-corrected chi connectivity index (χ4v) is 3.54. The van der Waals surface area contributed by atoms with E-state index >= 15 is 0 Å². The third kappa shape index (κ3) is 3.42. The average Bonchev–Trinajstić information content (AvgIpc) is 2.92. The molecular formula is C19H27N3O. The van der Waals surface area contributed by atoms with Gasteiger partial charge in [-0.3, -0.25) is 4.79 Å². The van der Waals surface area contributed by atoms with Crippen molar-refractivity contribution in [2.45, 2.75) is 52.6 Å². The normalized spacial score (nSPS) is 17.1. The number of benzene rings is 1. The largest absolute Gasteiger partial charge is 0.351 e. The Morgan fingerprint density at radius 1 is 1.22 bits per heavy atom. The number of carbonyl (C=O) groups is 1. The Balaban J connectivity index is 1.68. The molecule has 23 heavy (non-hydrogen) atoms. The molecule has 1 aromatic carbocycles. The summed E-state index contributed by atoms with van der Waals surface area (Å²) in [7, 11) is 0. The van der Waals surface area contributed by atoms with E-state index in [2.05, 4.69) is 55.0 Å². The first kappa shape index (κ1) is 16.1. The highest BCUT2D eigenvalue weighted by Crippen LogP contribution is 2.22. The van der Waals surface area contributed by atoms with E-state index in [-0.39, 0.29) is 11.9 Å². The van der Waals surface area contributed by atoms with Crippen molar-refractivity contribution >= 4 is 16.8 Å². The minimum atomic E-state index is 0.0150. The molecule has 4 nitrogen and oxygen atoms in total. The summed E-state index contributed by atoms with van der Waals surface area (Å²) in [5.74, 6) is 0.0150. The van der Waals surface area contributed by atoms with Crippen LogP contribution in [0, 0.1) is 13.8 Å². The van der Waals surface area contributed by atoms with Crippen molar-refractivity contribution < 1.29 is 4.79 Å². The van der Waals surface area contributed by atoms with E-state index < -0.39 is 0 Å². The van der Waals surface area contributed by atoms with E-state index in [1.54, 1.807) is 0 Å². The molecule has 1 aliphatic rings. The molecule has 1 saturated heterocycles. The first-order valence-electron chi connectivity index (χ1n) is 8.59. The van der Waals surface area contributed by atoms with Crippen molar-refractivity contribution in [3.63, 3.8) is 0 Å². The van der Waals surface area contributed by atoms with Crippen molar-refractivity contribution in [2.24, 2.45) is 0 Å². The summed E-state index contributed by atoms with van der Waals surface area (Å²) in [6.07, 6.45) is 2.06. The van der Waals surface area contributed by atoms with Crippen LogP contribution >= 0.6 is 0 Å². The number of H-pyrrole nitrogens is 1. The van der Waals surface area contributed by atoms with E-state index in [9.17, 15) is 4.79 Å². The van der Waals surface area contributed by atoms with Crippen LogP contribution in [0.4, 0.5) is 0 Å². The topological polar surface area (TPSA) is 48.1 Å². The summed E-state index contributed by atoms with van der Waals surface area (Å²) in [6, 6.07) is 7.10. The van der Waals surface area contributed by atoms with Crippen LogP contribution in [0.25, 0.3) is 10.9 Å². The quantitative estimate of drug-likeness (QED) is 0.912. The molecule has 0 radical (unpaired) electrons. The molecule has 1 aromatic heterocycles. The first-order chi connectivity index (χ1) is 10.9. The maximum atomic E-state index is 12.5. The molecule has 0 bridgehead atoms. The number of hydrogen-bond donors (Lipinski definition) is 2. The second-order valence-corrected chi connectivity index (χ2v) is 7.10. The standard InChI is InChI=1S/C19H27N3O/c1-12(2)22-7-5-15(6-8-22)20-19(23)18-11-16-14(4)9-13(3)10-17(16)21-18/h9-12,15,21H,5-8H2,1-4H3,(H,20,23). The van der Waals surface area contributed by atoms with Crippen LogP contribution in [-0.4, -0.2) is 41.0 Å². The van der Waals surface area contributed by atoms with Crippen molar-refractivity contribution in [1.82, 2.24) is 15.2 Å². The number of nitrogens with one attached hydrogen (secondary N) is 2. The monoisotopic (exact) mass is 313 g/mol. The Hall–Kier alpha value is -1.81. The van der Waals surface area contributed by atoms with Gasteiger partial charge in [-0.1, -0.05) is 6.07 Å². The summed E-state index contributed by atoms with van der Waals surface area (Å²) >= 11 is 0. The van der Waals surface area contributed by atoms with Crippen LogP contribution in [-0.2, 0) is 0 Å². The molecule has 2 heterocycles. The number of carbonyl (C=O) groups excluding carboxylic acids is 1. The SMILES string of the molecule is Cc1cc(C)c2cc(C(=O)NC3CCN(C(C)C)CC3)[nH]c2c1. The zero-order chi connectivity index (χ0) is 16.6. The van der Waals surface area contributed by atoms with Gasteiger partial charge >= 0.3 is 0 Å². The summed E-state index contributed by atoms with van der Waals surface area (Å²) in [4.78, 5) is 18.3. The van der Waals surface area contributed by atoms with Gasteiger partial charge in [-0.25, -0.2) is 0 Å². The second kappa shape index (κ2) is 6.36. The van der Waals surface area contributed by atoms with Crippen molar-refractivity contribution in [1.29, 1.82) is 0 Å². The number of aromatic amines is 1. The zero-order valence-electron chi connectivity index (χ0n) is 14.6. The number of hydrogen-bond acceptors (Lipinski definition) is 2. The number of nitrogens with zero attached hydrogens (tertiary/aromatic N) is 1. The van der Waals surface area contributed by atoms with Gasteiger partial charge in [0.05, 0.1) is 0 Å². The molecule has 0 spiro atoms. The predicted molar refractivity (Wildman–Crippen MR) is 95.0 cm³/mol. The molecule has 1 amide bonds. The minimum Gasteiger partial charge on any atom is -0.351 e. The van der Waals surface area contributed by atoms with Crippen LogP contribution < -0.4 is 5.32 Å². The Morgan fingerprint density at radius 3 is 2.57 bits per heavy atom. The van der Waals surface area contributed by atoms with Gasteiger partial charge in [-0.2, -0.15) is 0 Å². The summed E-state index contributed by atoms with van der Waals surface area (Å²) in [6.45, 7) is 10.8. The van der Waals surface area contributed by atoms with Crippen LogP contribution in [0.2, 0.25) is 0 Å². The number of rotatable bonds is 3. The number of piperidine rings is 1. The van der Waals surface area contributed by atoms with Crippen molar-refractivity contribution in [2.75, 3.05) is 13.1 Å². The number of likely N-dealkylation sites (tertiary alicyclic amines) is 1. The maximum Gasteiger partial charge on any atom is 0.267 e. The summed E-state index contributed by atoms with van der Waals surface area (Å²) in [5.41, 5.74) is 4.13. The predicted octanol–water partition coefficient (Wildman–Crippen LogP) is 3.39. The number of aromatic nitrogens is 1. The number of aryl methyl sites for hydroxylation is 2. The van der Waals surface area contributed by atoms with Crippen LogP contribution in [0.5, 0.6) is 0 Å². The molecule has 1 aliphatic heterocycles. The average molecular weight is 313 g/mol. The van der Waals surface area contributed by atoms with Crippen molar-refractivity contribution in [3.8, 4) is 0 Å². The van der Waals surface area contributed by atoms with Gasteiger partial charge in [0, 0.05) is 36.1 Å². The Bertz CT molecular complexity index is 709. The van der Waals surface area contributed by atoms with Gasteiger partial charge in [0.2, 0.25) is 0 Å². The highest BCUT2D eigenvalue weighted by molar-refractivity contribution is 5.99. The summed E-state index contributed by atoms with van der Waals surface area (Å²) < 4.78 is 0. The van der Waals surface area contributed by atoms with E-state index in [4.69, 9.17) is 0 Å². The highest BCUT2D eigenvalue weighted by Gasteiger charge is 2.23. The zero-order valence-corrected chi connectivity index (χ0v) is 14.6. The van der Waals surface area contributed by atoms with E-state index in [1.165, 1.54) is 11.1 Å². The van der Waals surface area contributed by atoms with Gasteiger partial charge in [-0.15, -0.1) is 0 Å². The first-order valence-corrected chi connectivity index (χ1v) is 8.59. The van der Waals surface area contributed by atoms with Crippen LogP contribution in [0.3, 0.4) is 0 Å². The molecular weight excluding hydrogens is 286 g/mol. The molecule has 0 aliphatic carbocycles. The van der Waals surface area contributed by atoms with Gasteiger partial charge in [0.25, 0.3) is 5.91 Å². The lowest BCUT2D eigenvalue weighted by atomic mass is 10.0. The van der Waals surface area contributed by atoms with Crippen molar-refractivity contribution in [3.05, 3.63) is 35.0 Å². The van der Waals surface area contributed by atoms with Gasteiger partial charge in [-0.05, 0) is 63.8 Å². The van der Waals surface area contributed by atoms with Crippen LogP contribution in [0.15, 0.2) is 18.2 Å². The lowest BCUT2D eigenvalue weighted by molar-refractivity contribution is 0.0896. The number of amides is 1. The van der Waals surface area contributed by atoms with Gasteiger partial charge in [0.1, 0.15) is 5.69 Å². The molecule has 1 fully saturated rings. The lowest BCUT2D eigenvalue weighted by Crippen LogP contribution is -2.46. The molecule has 0 saturated carbocycles. The molecule has 2 N–H and O–H groups in total. The fraction of sp³-hybridized carbons (Fsp3) is 0.526. The van der Waals surface area contributed by atoms with E-state index in [0.717, 1.165) is 36.8 Å². The molecule has 0 unspecified atom stereocenters. The van der Waals surface area contributed by atoms with Crippen LogP contribution in [0.1, 0.15) is 48.3 Å². The molecule has 0 atom stereocenters. The molecule has 124 valence electrons. The smallest absolute Gasteiger partial charge is 0.267 e. The van der Waals surface area contributed by atoms with Gasteiger partial charge in [0.15, 0.2) is 0 Å². The molecule has 3 rings (SSSR count). The second-order valence-electron chi connectivity index (χ2n) is 7.10. The van der Waals surface area contributed by atoms with E-state index in [0.29, 0.717) is 11.7 Å². The van der Waals surface area contributed by atoms with Gasteiger partial charge < -0.3 is 15.2 Å². The third-order valence-corrected chi connectivity index (χ3v) is 4.93. The highest BCUT2D eigenvalue weighted by atomic mass is 16.1. The maximum absolute atomic E-state index is 12.5. The third-order valence-electron chi connectivity index (χ3n) is 4.93. The minimum absolute atomic E-state index is 0.0150. The molecule has 2 aromatic rings. The Morgan fingerprint density at radius 2 is 1.91 bits per heavy atom. The fourth-order valence-electron chi connectivity index (χ4n) is 3.54.